The molecule has 1 heterocycles. The van der Waals surface area contributed by atoms with E-state index in [0.717, 1.165) is 5.56 Å². The molecule has 2 aromatic rings. The molecule has 0 fully saturated rings. The van der Waals surface area contributed by atoms with Gasteiger partial charge in [-0.2, -0.15) is 0 Å². The lowest BCUT2D eigenvalue weighted by Crippen LogP contribution is -2.28. The number of rotatable bonds is 4. The number of hydrogen-bond donors (Lipinski definition) is 2. The molecule has 0 saturated heterocycles. The van der Waals surface area contributed by atoms with Crippen LogP contribution in [0.5, 0.6) is 0 Å². The summed E-state index contributed by atoms with van der Waals surface area (Å²) < 4.78 is 12.9. The van der Waals surface area contributed by atoms with Gasteiger partial charge in [-0.05, 0) is 23.8 Å². The molecule has 92 valence electrons. The molecule has 0 saturated carbocycles. The number of nitrogens with one attached hydrogen (secondary N) is 2. The minimum atomic E-state index is -0.453. The summed E-state index contributed by atoms with van der Waals surface area (Å²) in [5.74, 6) is -0.0653. The first kappa shape index (κ1) is 12.0. The summed E-state index contributed by atoms with van der Waals surface area (Å²) in [6, 6.07) is 5.43. The van der Waals surface area contributed by atoms with Gasteiger partial charge in [-0.3, -0.25) is 4.79 Å². The SMILES string of the molecule is C=CC(=O)NC(c1ccc(F)cc1)c1ncc[nH]1. The van der Waals surface area contributed by atoms with Crippen LogP contribution in [-0.4, -0.2) is 15.9 Å². The van der Waals surface area contributed by atoms with Crippen molar-refractivity contribution < 1.29 is 9.18 Å². The zero-order valence-electron chi connectivity index (χ0n) is 9.56. The Morgan fingerprint density at radius 1 is 1.44 bits per heavy atom. The predicted octanol–water partition coefficient (Wildman–Crippen LogP) is 1.94. The summed E-state index contributed by atoms with van der Waals surface area (Å²) >= 11 is 0. The highest BCUT2D eigenvalue weighted by Crippen LogP contribution is 2.19. The smallest absolute Gasteiger partial charge is 0.244 e. The first-order valence-corrected chi connectivity index (χ1v) is 5.38. The molecular formula is C13H12FN3O. The molecule has 0 spiro atoms. The van der Waals surface area contributed by atoms with E-state index in [2.05, 4.69) is 21.9 Å². The van der Waals surface area contributed by atoms with Crippen LogP contribution < -0.4 is 5.32 Å². The molecule has 1 aromatic heterocycles. The molecule has 0 aliphatic rings. The molecule has 1 atom stereocenters. The van der Waals surface area contributed by atoms with Crippen LogP contribution >= 0.6 is 0 Å². The summed E-state index contributed by atoms with van der Waals surface area (Å²) in [4.78, 5) is 18.4. The number of aromatic amines is 1. The monoisotopic (exact) mass is 245 g/mol. The summed E-state index contributed by atoms with van der Waals surface area (Å²) in [6.45, 7) is 3.40. The van der Waals surface area contributed by atoms with Crippen molar-refractivity contribution in [3.8, 4) is 0 Å². The van der Waals surface area contributed by atoms with Gasteiger partial charge in [0.05, 0.1) is 0 Å². The number of nitrogens with zero attached hydrogens (tertiary/aromatic N) is 1. The lowest BCUT2D eigenvalue weighted by molar-refractivity contribution is -0.117. The Kier molecular flexibility index (Phi) is 3.52. The van der Waals surface area contributed by atoms with Crippen molar-refractivity contribution in [1.82, 2.24) is 15.3 Å². The van der Waals surface area contributed by atoms with E-state index in [1.807, 2.05) is 0 Å². The van der Waals surface area contributed by atoms with E-state index < -0.39 is 6.04 Å². The van der Waals surface area contributed by atoms with Crippen LogP contribution in [0.3, 0.4) is 0 Å². The van der Waals surface area contributed by atoms with Gasteiger partial charge in [-0.15, -0.1) is 0 Å². The molecule has 0 aliphatic carbocycles. The second-order valence-electron chi connectivity index (χ2n) is 3.67. The van der Waals surface area contributed by atoms with Crippen LogP contribution in [0.15, 0.2) is 49.3 Å². The van der Waals surface area contributed by atoms with Gasteiger partial charge in [0.2, 0.25) is 5.91 Å². The Bertz CT molecular complexity index is 534. The Morgan fingerprint density at radius 2 is 2.17 bits per heavy atom. The molecule has 18 heavy (non-hydrogen) atoms. The van der Waals surface area contributed by atoms with Crippen molar-refractivity contribution in [3.05, 3.63) is 66.5 Å². The van der Waals surface area contributed by atoms with Gasteiger partial charge in [-0.1, -0.05) is 18.7 Å². The van der Waals surface area contributed by atoms with Gasteiger partial charge in [0.1, 0.15) is 17.7 Å². The summed E-state index contributed by atoms with van der Waals surface area (Å²) in [6.07, 6.45) is 4.43. The Labute approximate surface area is 104 Å². The van der Waals surface area contributed by atoms with Gasteiger partial charge in [-0.25, -0.2) is 9.37 Å². The van der Waals surface area contributed by atoms with Crippen LogP contribution in [0.25, 0.3) is 0 Å². The molecule has 1 unspecified atom stereocenters. The fourth-order valence-electron chi connectivity index (χ4n) is 1.60. The molecule has 0 aliphatic heterocycles. The standard InChI is InChI=1S/C13H12FN3O/c1-2-11(18)17-12(13-15-7-8-16-13)9-3-5-10(14)6-4-9/h2-8,12H,1H2,(H,15,16)(H,17,18). The molecule has 0 bridgehead atoms. The highest BCUT2D eigenvalue weighted by molar-refractivity contribution is 5.87. The van der Waals surface area contributed by atoms with Crippen LogP contribution in [0.4, 0.5) is 4.39 Å². The van der Waals surface area contributed by atoms with E-state index in [0.29, 0.717) is 5.82 Å². The minimum Gasteiger partial charge on any atom is -0.347 e. The molecular weight excluding hydrogens is 233 g/mol. The van der Waals surface area contributed by atoms with E-state index in [1.54, 1.807) is 24.5 Å². The zero-order valence-corrected chi connectivity index (χ0v) is 9.56. The third-order valence-electron chi connectivity index (χ3n) is 2.47. The molecule has 5 heteroatoms. The number of carbonyl (C=O) groups is 1. The molecule has 2 N–H and O–H groups in total. The second kappa shape index (κ2) is 5.27. The maximum atomic E-state index is 12.9. The summed E-state index contributed by atoms with van der Waals surface area (Å²) in [5, 5.41) is 2.73. The van der Waals surface area contributed by atoms with Crippen molar-refractivity contribution in [2.75, 3.05) is 0 Å². The third kappa shape index (κ3) is 2.63. The van der Waals surface area contributed by atoms with Gasteiger partial charge in [0.15, 0.2) is 0 Å². The number of hydrogen-bond acceptors (Lipinski definition) is 2. The number of carbonyl (C=O) groups excluding carboxylic acids is 1. The van der Waals surface area contributed by atoms with Crippen molar-refractivity contribution >= 4 is 5.91 Å². The van der Waals surface area contributed by atoms with Gasteiger partial charge >= 0.3 is 0 Å². The van der Waals surface area contributed by atoms with Crippen molar-refractivity contribution in [2.45, 2.75) is 6.04 Å². The third-order valence-corrected chi connectivity index (χ3v) is 2.47. The lowest BCUT2D eigenvalue weighted by atomic mass is 10.1. The average Bonchev–Trinajstić information content (AvgIpc) is 2.90. The molecule has 0 radical (unpaired) electrons. The summed E-state index contributed by atoms with van der Waals surface area (Å²) in [5.41, 5.74) is 0.738. The maximum Gasteiger partial charge on any atom is 0.244 e. The molecule has 1 amide bonds. The number of benzene rings is 1. The Morgan fingerprint density at radius 3 is 2.72 bits per heavy atom. The number of amides is 1. The highest BCUT2D eigenvalue weighted by Gasteiger charge is 2.17. The lowest BCUT2D eigenvalue weighted by Gasteiger charge is -2.16. The maximum absolute atomic E-state index is 12.9. The predicted molar refractivity (Wildman–Crippen MR) is 65.2 cm³/mol. The highest BCUT2D eigenvalue weighted by atomic mass is 19.1. The number of aromatic nitrogens is 2. The number of halogens is 1. The second-order valence-corrected chi connectivity index (χ2v) is 3.67. The fraction of sp³-hybridized carbons (Fsp3) is 0.0769. The zero-order chi connectivity index (χ0) is 13.0. The number of imidazole rings is 1. The first-order valence-electron chi connectivity index (χ1n) is 5.38. The van der Waals surface area contributed by atoms with Crippen molar-refractivity contribution in [1.29, 1.82) is 0 Å². The van der Waals surface area contributed by atoms with Crippen molar-refractivity contribution in [3.63, 3.8) is 0 Å². The van der Waals surface area contributed by atoms with E-state index in [4.69, 9.17) is 0 Å². The molecule has 1 aromatic carbocycles. The van der Waals surface area contributed by atoms with Crippen molar-refractivity contribution in [2.24, 2.45) is 0 Å². The topological polar surface area (TPSA) is 57.8 Å². The number of H-pyrrole nitrogens is 1. The fourth-order valence-corrected chi connectivity index (χ4v) is 1.60. The minimum absolute atomic E-state index is 0.319. The van der Waals surface area contributed by atoms with Gasteiger partial charge in [0.25, 0.3) is 0 Å². The van der Waals surface area contributed by atoms with Crippen LogP contribution in [0, 0.1) is 5.82 Å². The van der Waals surface area contributed by atoms with Gasteiger partial charge in [0, 0.05) is 12.4 Å². The first-order chi connectivity index (χ1) is 8.70. The molecule has 4 nitrogen and oxygen atoms in total. The summed E-state index contributed by atoms with van der Waals surface area (Å²) in [7, 11) is 0. The molecule has 2 rings (SSSR count). The average molecular weight is 245 g/mol. The van der Waals surface area contributed by atoms with Crippen LogP contribution in [0.1, 0.15) is 17.4 Å². The Hall–Kier alpha value is -2.43. The van der Waals surface area contributed by atoms with Crippen LogP contribution in [-0.2, 0) is 4.79 Å². The normalized spacial score (nSPS) is 11.8. The van der Waals surface area contributed by atoms with Crippen LogP contribution in [0.2, 0.25) is 0 Å². The van der Waals surface area contributed by atoms with E-state index in [-0.39, 0.29) is 11.7 Å². The van der Waals surface area contributed by atoms with E-state index in [9.17, 15) is 9.18 Å². The largest absolute Gasteiger partial charge is 0.347 e. The van der Waals surface area contributed by atoms with E-state index >= 15 is 0 Å². The quantitative estimate of drug-likeness (QED) is 0.809. The van der Waals surface area contributed by atoms with E-state index in [1.165, 1.54) is 18.2 Å². The van der Waals surface area contributed by atoms with Gasteiger partial charge < -0.3 is 10.3 Å². The Balaban J connectivity index is 2.32.